The lowest BCUT2D eigenvalue weighted by atomic mass is 9.98. The van der Waals surface area contributed by atoms with Crippen molar-refractivity contribution in [1.82, 2.24) is 14.8 Å². The second kappa shape index (κ2) is 10.00. The van der Waals surface area contributed by atoms with Crippen molar-refractivity contribution >= 4 is 29.3 Å². The Labute approximate surface area is 200 Å². The standard InChI is InChI=1S/C26H33N5OS/c1-17(2)22-10-8-9-19(4)23(22)27-24(32)20(5)33-26-29-28-25(30-15-6-7-16-30)31(26)21-13-11-18(3)12-14-21/h8-14,17,20H,6-7,15-16H2,1-5H3,(H,27,32). The largest absolute Gasteiger partial charge is 0.341 e. The number of nitrogens with zero attached hydrogens (tertiary/aromatic N) is 4. The highest BCUT2D eigenvalue weighted by Gasteiger charge is 2.26. The summed E-state index contributed by atoms with van der Waals surface area (Å²) < 4.78 is 2.09. The molecule has 0 saturated carbocycles. The molecular weight excluding hydrogens is 430 g/mol. The van der Waals surface area contributed by atoms with Crippen molar-refractivity contribution < 1.29 is 4.79 Å². The zero-order chi connectivity index (χ0) is 23.5. The van der Waals surface area contributed by atoms with E-state index in [1.165, 1.54) is 17.3 Å². The second-order valence-corrected chi connectivity index (χ2v) is 10.4. The second-order valence-electron chi connectivity index (χ2n) is 9.09. The van der Waals surface area contributed by atoms with Gasteiger partial charge in [0.1, 0.15) is 0 Å². The highest BCUT2D eigenvalue weighted by Crippen LogP contribution is 2.32. The first-order valence-corrected chi connectivity index (χ1v) is 12.6. The molecule has 0 bridgehead atoms. The minimum Gasteiger partial charge on any atom is -0.341 e. The molecule has 1 unspecified atom stereocenters. The van der Waals surface area contributed by atoms with E-state index in [4.69, 9.17) is 0 Å². The van der Waals surface area contributed by atoms with Crippen molar-refractivity contribution in [2.24, 2.45) is 0 Å². The van der Waals surface area contributed by atoms with Crippen molar-refractivity contribution in [2.45, 2.75) is 63.8 Å². The Morgan fingerprint density at radius 1 is 1.00 bits per heavy atom. The lowest BCUT2D eigenvalue weighted by Crippen LogP contribution is -2.25. The summed E-state index contributed by atoms with van der Waals surface area (Å²) in [6.07, 6.45) is 2.33. The minimum atomic E-state index is -0.329. The van der Waals surface area contributed by atoms with Crippen molar-refractivity contribution in [2.75, 3.05) is 23.3 Å². The summed E-state index contributed by atoms with van der Waals surface area (Å²) in [5.41, 5.74) is 5.37. The van der Waals surface area contributed by atoms with Gasteiger partial charge >= 0.3 is 0 Å². The number of nitrogens with one attached hydrogen (secondary N) is 1. The van der Waals surface area contributed by atoms with Gasteiger partial charge in [0.2, 0.25) is 11.9 Å². The summed E-state index contributed by atoms with van der Waals surface area (Å²) in [6, 6.07) is 14.5. The lowest BCUT2D eigenvalue weighted by molar-refractivity contribution is -0.115. The Balaban J connectivity index is 1.60. The van der Waals surface area contributed by atoms with Crippen LogP contribution in [0.15, 0.2) is 47.6 Å². The van der Waals surface area contributed by atoms with E-state index in [0.717, 1.165) is 59.5 Å². The maximum absolute atomic E-state index is 13.2. The fourth-order valence-corrected chi connectivity index (χ4v) is 5.02. The molecule has 1 aliphatic rings. The van der Waals surface area contributed by atoms with E-state index in [-0.39, 0.29) is 11.2 Å². The average molecular weight is 464 g/mol. The molecule has 0 radical (unpaired) electrons. The first-order chi connectivity index (χ1) is 15.8. The van der Waals surface area contributed by atoms with Gasteiger partial charge in [-0.1, -0.05) is 61.5 Å². The van der Waals surface area contributed by atoms with E-state index >= 15 is 0 Å². The number of para-hydroxylation sites is 1. The number of hydrogen-bond donors (Lipinski definition) is 1. The van der Waals surface area contributed by atoms with E-state index in [1.54, 1.807) is 0 Å². The van der Waals surface area contributed by atoms with E-state index in [0.29, 0.717) is 5.92 Å². The zero-order valence-corrected chi connectivity index (χ0v) is 20.9. The lowest BCUT2D eigenvalue weighted by Gasteiger charge is -2.20. The summed E-state index contributed by atoms with van der Waals surface area (Å²) in [7, 11) is 0. The Hall–Kier alpha value is -2.80. The van der Waals surface area contributed by atoms with Crippen LogP contribution in [0.5, 0.6) is 0 Å². The molecule has 33 heavy (non-hydrogen) atoms. The summed E-state index contributed by atoms with van der Waals surface area (Å²) in [4.78, 5) is 15.5. The molecule has 0 aliphatic carbocycles. The van der Waals surface area contributed by atoms with Gasteiger partial charge < -0.3 is 10.2 Å². The maximum atomic E-state index is 13.2. The Kier molecular flexibility index (Phi) is 7.08. The number of hydrogen-bond acceptors (Lipinski definition) is 5. The molecule has 3 aromatic rings. The summed E-state index contributed by atoms with van der Waals surface area (Å²) in [5, 5.41) is 12.6. The first kappa shape index (κ1) is 23.4. The fraction of sp³-hybridized carbons (Fsp3) is 0.423. The molecule has 1 fully saturated rings. The van der Waals surface area contributed by atoms with Gasteiger partial charge in [0.15, 0.2) is 5.16 Å². The number of aromatic nitrogens is 3. The molecule has 1 N–H and O–H groups in total. The Bertz CT molecular complexity index is 1120. The van der Waals surface area contributed by atoms with E-state index in [2.05, 4.69) is 76.1 Å². The normalized spacial score (nSPS) is 14.7. The number of thioether (sulfide) groups is 1. The topological polar surface area (TPSA) is 63.1 Å². The van der Waals surface area contributed by atoms with Crippen LogP contribution < -0.4 is 10.2 Å². The van der Waals surface area contributed by atoms with Gasteiger partial charge in [0.05, 0.1) is 10.9 Å². The highest BCUT2D eigenvalue weighted by molar-refractivity contribution is 8.00. The Morgan fingerprint density at radius 2 is 1.70 bits per heavy atom. The SMILES string of the molecule is Cc1ccc(-n2c(SC(C)C(=O)Nc3c(C)cccc3C(C)C)nnc2N2CCCC2)cc1. The molecule has 2 aromatic carbocycles. The zero-order valence-electron chi connectivity index (χ0n) is 20.1. The van der Waals surface area contributed by atoms with E-state index < -0.39 is 0 Å². The van der Waals surface area contributed by atoms with E-state index in [9.17, 15) is 4.79 Å². The van der Waals surface area contributed by atoms with Crippen LogP contribution in [-0.4, -0.2) is 39.0 Å². The molecule has 1 saturated heterocycles. The van der Waals surface area contributed by atoms with Crippen LogP contribution in [0.1, 0.15) is 56.2 Å². The summed E-state index contributed by atoms with van der Waals surface area (Å²) >= 11 is 1.45. The number of benzene rings is 2. The quantitative estimate of drug-likeness (QED) is 0.454. The molecule has 1 amide bonds. The number of carbonyl (C=O) groups excluding carboxylic acids is 1. The van der Waals surface area contributed by atoms with Crippen LogP contribution in [0.2, 0.25) is 0 Å². The van der Waals surface area contributed by atoms with Gasteiger partial charge in [0.25, 0.3) is 0 Å². The molecule has 6 nitrogen and oxygen atoms in total. The van der Waals surface area contributed by atoms with Gasteiger partial charge in [0, 0.05) is 18.8 Å². The third-order valence-electron chi connectivity index (χ3n) is 6.12. The first-order valence-electron chi connectivity index (χ1n) is 11.7. The molecule has 1 aromatic heterocycles. The molecule has 1 atom stereocenters. The summed E-state index contributed by atoms with van der Waals surface area (Å²) in [5.74, 6) is 1.15. The molecule has 174 valence electrons. The Morgan fingerprint density at radius 3 is 2.36 bits per heavy atom. The van der Waals surface area contributed by atoms with Gasteiger partial charge in [-0.2, -0.15) is 0 Å². The fourth-order valence-electron chi connectivity index (χ4n) is 4.16. The van der Waals surface area contributed by atoms with Crippen LogP contribution in [0.25, 0.3) is 5.69 Å². The minimum absolute atomic E-state index is 0.0302. The van der Waals surface area contributed by atoms with Crippen molar-refractivity contribution in [3.8, 4) is 5.69 Å². The van der Waals surface area contributed by atoms with Crippen molar-refractivity contribution in [3.63, 3.8) is 0 Å². The van der Waals surface area contributed by atoms with Crippen LogP contribution >= 0.6 is 11.8 Å². The number of rotatable bonds is 7. The predicted molar refractivity (Wildman–Crippen MR) is 137 cm³/mol. The third-order valence-corrected chi connectivity index (χ3v) is 7.17. The molecule has 7 heteroatoms. The van der Waals surface area contributed by atoms with Crippen LogP contribution in [0.3, 0.4) is 0 Å². The smallest absolute Gasteiger partial charge is 0.237 e. The third kappa shape index (κ3) is 5.08. The molecular formula is C26H33N5OS. The van der Waals surface area contributed by atoms with Crippen LogP contribution in [0, 0.1) is 13.8 Å². The summed E-state index contributed by atoms with van der Waals surface area (Å²) in [6.45, 7) is 12.3. The van der Waals surface area contributed by atoms with E-state index in [1.807, 2.05) is 26.0 Å². The number of anilines is 2. The molecule has 4 rings (SSSR count). The van der Waals surface area contributed by atoms with Gasteiger partial charge in [-0.25, -0.2) is 0 Å². The van der Waals surface area contributed by atoms with Crippen LogP contribution in [0.4, 0.5) is 11.6 Å². The van der Waals surface area contributed by atoms with Crippen molar-refractivity contribution in [3.05, 3.63) is 59.2 Å². The van der Waals surface area contributed by atoms with Gasteiger partial charge in [-0.3, -0.25) is 9.36 Å². The monoisotopic (exact) mass is 463 g/mol. The van der Waals surface area contributed by atoms with Gasteiger partial charge in [-0.15, -0.1) is 10.2 Å². The maximum Gasteiger partial charge on any atom is 0.237 e. The van der Waals surface area contributed by atoms with Gasteiger partial charge in [-0.05, 0) is 62.8 Å². The number of aryl methyl sites for hydroxylation is 2. The molecule has 0 spiro atoms. The predicted octanol–water partition coefficient (Wildman–Crippen LogP) is 5.73. The molecule has 1 aliphatic heterocycles. The van der Waals surface area contributed by atoms with Crippen LogP contribution in [-0.2, 0) is 4.79 Å². The molecule has 2 heterocycles. The van der Waals surface area contributed by atoms with Crippen molar-refractivity contribution in [1.29, 1.82) is 0 Å². The average Bonchev–Trinajstić information content (AvgIpc) is 3.45. The number of carbonyl (C=O) groups is 1. The highest BCUT2D eigenvalue weighted by atomic mass is 32.2. The number of amides is 1.